The second kappa shape index (κ2) is 8.48. The number of benzene rings is 2. The molecule has 0 aliphatic carbocycles. The highest BCUT2D eigenvalue weighted by Gasteiger charge is 2.06. The van der Waals surface area contributed by atoms with Gasteiger partial charge in [0.05, 0.1) is 0 Å². The van der Waals surface area contributed by atoms with Crippen molar-refractivity contribution in [2.45, 2.75) is 19.9 Å². The zero-order valence-corrected chi connectivity index (χ0v) is 15.0. The lowest BCUT2D eigenvalue weighted by molar-refractivity contribution is 0.492. The molecule has 0 amide bonds. The number of hydrogen-bond donors (Lipinski definition) is 1. The minimum absolute atomic E-state index is 0.661. The highest BCUT2D eigenvalue weighted by molar-refractivity contribution is 7.14. The van der Waals surface area contributed by atoms with Crippen LogP contribution in [0.5, 0.6) is 10.8 Å². The predicted octanol–water partition coefficient (Wildman–Crippen LogP) is 5.05. The lowest BCUT2D eigenvalue weighted by Gasteiger charge is -2.10. The molecule has 1 heterocycles. The van der Waals surface area contributed by atoms with Crippen molar-refractivity contribution >= 4 is 11.3 Å². The van der Waals surface area contributed by atoms with Gasteiger partial charge in [0.2, 0.25) is 0 Å². The standard InChI is InChI=1S/C21H20N2OS/c1-16-13-17(11-12-23-15-18-5-3-2-4-6-18)7-9-20(16)24-21-10-8-19(14-22)25-21/h2-10,13,23H,11-12,15H2,1H3. The monoisotopic (exact) mass is 348 g/mol. The smallest absolute Gasteiger partial charge is 0.182 e. The molecule has 3 aromatic rings. The molecule has 1 N–H and O–H groups in total. The zero-order chi connectivity index (χ0) is 17.5. The van der Waals surface area contributed by atoms with Crippen molar-refractivity contribution in [1.29, 1.82) is 5.26 Å². The van der Waals surface area contributed by atoms with Gasteiger partial charge in [-0.1, -0.05) is 53.8 Å². The van der Waals surface area contributed by atoms with Crippen LogP contribution in [0, 0.1) is 18.3 Å². The maximum atomic E-state index is 8.88. The summed E-state index contributed by atoms with van der Waals surface area (Å²) in [6.45, 7) is 3.88. The van der Waals surface area contributed by atoms with Crippen molar-refractivity contribution in [3.8, 4) is 16.9 Å². The Balaban J connectivity index is 1.52. The molecule has 0 aliphatic heterocycles. The molecule has 0 atom stereocenters. The molecule has 126 valence electrons. The SMILES string of the molecule is Cc1cc(CCNCc2ccccc2)ccc1Oc1ccc(C#N)s1. The van der Waals surface area contributed by atoms with Gasteiger partial charge in [-0.3, -0.25) is 0 Å². The van der Waals surface area contributed by atoms with E-state index in [0.717, 1.165) is 35.9 Å². The van der Waals surface area contributed by atoms with Crippen LogP contribution in [0.15, 0.2) is 60.7 Å². The van der Waals surface area contributed by atoms with Crippen LogP contribution in [0.4, 0.5) is 0 Å². The van der Waals surface area contributed by atoms with Crippen LogP contribution in [0.25, 0.3) is 0 Å². The summed E-state index contributed by atoms with van der Waals surface area (Å²) in [4.78, 5) is 0.661. The zero-order valence-electron chi connectivity index (χ0n) is 14.2. The molecule has 0 saturated carbocycles. The average molecular weight is 348 g/mol. The Morgan fingerprint density at radius 1 is 1.04 bits per heavy atom. The van der Waals surface area contributed by atoms with E-state index in [9.17, 15) is 0 Å². The Labute approximate surface area is 152 Å². The Morgan fingerprint density at radius 3 is 2.60 bits per heavy atom. The largest absolute Gasteiger partial charge is 0.446 e. The molecule has 4 heteroatoms. The van der Waals surface area contributed by atoms with Gasteiger partial charge in [-0.15, -0.1) is 0 Å². The van der Waals surface area contributed by atoms with Crippen LogP contribution in [-0.4, -0.2) is 6.54 Å². The first-order chi connectivity index (χ1) is 12.2. The Kier molecular flexibility index (Phi) is 5.84. The van der Waals surface area contributed by atoms with E-state index in [1.807, 2.05) is 18.2 Å². The lowest BCUT2D eigenvalue weighted by Crippen LogP contribution is -2.16. The van der Waals surface area contributed by atoms with Crippen molar-refractivity contribution in [2.75, 3.05) is 6.54 Å². The molecule has 3 nitrogen and oxygen atoms in total. The van der Waals surface area contributed by atoms with Gasteiger partial charge in [-0.25, -0.2) is 0 Å². The Hall–Kier alpha value is -2.61. The van der Waals surface area contributed by atoms with Crippen molar-refractivity contribution in [2.24, 2.45) is 0 Å². The summed E-state index contributed by atoms with van der Waals surface area (Å²) in [5.74, 6) is 0.840. The van der Waals surface area contributed by atoms with E-state index in [1.54, 1.807) is 6.07 Å². The number of thiophene rings is 1. The van der Waals surface area contributed by atoms with E-state index in [4.69, 9.17) is 10.00 Å². The summed E-state index contributed by atoms with van der Waals surface area (Å²) in [5.41, 5.74) is 3.69. The van der Waals surface area contributed by atoms with Gasteiger partial charge in [0.25, 0.3) is 0 Å². The number of nitrogens with one attached hydrogen (secondary N) is 1. The molecule has 1 aromatic heterocycles. The van der Waals surface area contributed by atoms with Crippen LogP contribution in [-0.2, 0) is 13.0 Å². The van der Waals surface area contributed by atoms with Crippen LogP contribution in [0.3, 0.4) is 0 Å². The molecule has 0 bridgehead atoms. The minimum atomic E-state index is 0.661. The van der Waals surface area contributed by atoms with Crippen molar-refractivity contribution in [3.05, 3.63) is 82.2 Å². The summed E-state index contributed by atoms with van der Waals surface area (Å²) < 4.78 is 5.88. The number of ether oxygens (including phenoxy) is 1. The maximum absolute atomic E-state index is 8.88. The van der Waals surface area contributed by atoms with E-state index in [2.05, 4.69) is 54.7 Å². The summed E-state index contributed by atoms with van der Waals surface area (Å²) in [7, 11) is 0. The van der Waals surface area contributed by atoms with Gasteiger partial charge in [-0.05, 0) is 54.8 Å². The fourth-order valence-corrected chi connectivity index (χ4v) is 3.25. The first kappa shape index (κ1) is 17.2. The number of hydrogen-bond acceptors (Lipinski definition) is 4. The summed E-state index contributed by atoms with van der Waals surface area (Å²) in [5, 5.41) is 13.1. The third-order valence-electron chi connectivity index (χ3n) is 3.90. The molecule has 25 heavy (non-hydrogen) atoms. The topological polar surface area (TPSA) is 45.0 Å². The average Bonchev–Trinajstić information content (AvgIpc) is 3.09. The molecule has 0 saturated heterocycles. The molecule has 0 radical (unpaired) electrons. The molecule has 0 aliphatic rings. The highest BCUT2D eigenvalue weighted by atomic mass is 32.1. The van der Waals surface area contributed by atoms with Crippen LogP contribution in [0.2, 0.25) is 0 Å². The first-order valence-electron chi connectivity index (χ1n) is 8.26. The molecular formula is C21H20N2OS. The number of rotatable bonds is 7. The Bertz CT molecular complexity index is 865. The molecule has 0 unspecified atom stereocenters. The lowest BCUT2D eigenvalue weighted by atomic mass is 10.1. The quantitative estimate of drug-likeness (QED) is 0.608. The molecule has 3 rings (SSSR count). The fourth-order valence-electron chi connectivity index (χ4n) is 2.59. The van der Waals surface area contributed by atoms with Gasteiger partial charge < -0.3 is 10.1 Å². The third kappa shape index (κ3) is 4.93. The Morgan fingerprint density at radius 2 is 1.88 bits per heavy atom. The van der Waals surface area contributed by atoms with Gasteiger partial charge >= 0.3 is 0 Å². The molecule has 2 aromatic carbocycles. The summed E-state index contributed by atoms with van der Waals surface area (Å²) in [6.07, 6.45) is 0.978. The van der Waals surface area contributed by atoms with Gasteiger partial charge in [0, 0.05) is 6.54 Å². The van der Waals surface area contributed by atoms with Crippen molar-refractivity contribution in [1.82, 2.24) is 5.32 Å². The normalized spacial score (nSPS) is 10.4. The van der Waals surface area contributed by atoms with Crippen LogP contribution < -0.4 is 10.1 Å². The number of nitrogens with zero attached hydrogens (tertiary/aromatic N) is 1. The minimum Gasteiger partial charge on any atom is -0.446 e. The highest BCUT2D eigenvalue weighted by Crippen LogP contribution is 2.31. The summed E-state index contributed by atoms with van der Waals surface area (Å²) in [6, 6.07) is 22.4. The van der Waals surface area contributed by atoms with Gasteiger partial charge in [0.1, 0.15) is 16.7 Å². The molecule has 0 fully saturated rings. The first-order valence-corrected chi connectivity index (χ1v) is 9.08. The second-order valence-corrected chi connectivity index (χ2v) is 6.89. The van der Waals surface area contributed by atoms with Crippen molar-refractivity contribution in [3.63, 3.8) is 0 Å². The fraction of sp³-hybridized carbons (Fsp3) is 0.190. The predicted molar refractivity (Wildman–Crippen MR) is 102 cm³/mol. The number of aryl methyl sites for hydroxylation is 1. The van der Waals surface area contributed by atoms with Crippen molar-refractivity contribution < 1.29 is 4.74 Å². The molecule has 0 spiro atoms. The summed E-state index contributed by atoms with van der Waals surface area (Å²) >= 11 is 1.36. The third-order valence-corrected chi connectivity index (χ3v) is 4.77. The van der Waals surface area contributed by atoms with Crippen LogP contribution >= 0.6 is 11.3 Å². The van der Waals surface area contributed by atoms with E-state index >= 15 is 0 Å². The van der Waals surface area contributed by atoms with E-state index in [0.29, 0.717) is 4.88 Å². The van der Waals surface area contributed by atoms with Crippen LogP contribution in [0.1, 0.15) is 21.6 Å². The van der Waals surface area contributed by atoms with E-state index in [-0.39, 0.29) is 0 Å². The van der Waals surface area contributed by atoms with E-state index in [1.165, 1.54) is 22.5 Å². The molecular weight excluding hydrogens is 328 g/mol. The van der Waals surface area contributed by atoms with Gasteiger partial charge in [-0.2, -0.15) is 5.26 Å². The second-order valence-electron chi connectivity index (χ2n) is 5.84. The maximum Gasteiger partial charge on any atom is 0.182 e. The van der Waals surface area contributed by atoms with Gasteiger partial charge in [0.15, 0.2) is 5.06 Å². The van der Waals surface area contributed by atoms with E-state index < -0.39 is 0 Å². The number of nitriles is 1.